The van der Waals surface area contributed by atoms with Gasteiger partial charge in [0.05, 0.1) is 11.3 Å². The van der Waals surface area contributed by atoms with Crippen molar-refractivity contribution in [2.45, 2.75) is 50.9 Å². The number of hydrogen-bond donors (Lipinski definition) is 2. The summed E-state index contributed by atoms with van der Waals surface area (Å²) < 4.78 is 2.25. The number of rotatable bonds is 4. The molecular weight excluding hydrogens is 280 g/mol. The second-order valence-electron chi connectivity index (χ2n) is 5.27. The number of carbonyl (C=O) groups is 1. The molecule has 1 aromatic heterocycles. The Bertz CT molecular complexity index is 514. The van der Waals surface area contributed by atoms with Crippen LogP contribution >= 0.6 is 24.0 Å². The summed E-state index contributed by atoms with van der Waals surface area (Å²) in [6, 6.07) is 0.231. The van der Waals surface area contributed by atoms with Gasteiger partial charge in [0.2, 0.25) is 5.91 Å². The van der Waals surface area contributed by atoms with Gasteiger partial charge in [0.15, 0.2) is 10.6 Å². The standard InChI is InChI=1S/C12H20N4OS2/c1-8(2)16-9(14-15-11(16)18)7-13-10(17)12(3)5-4-6-19-12/h8H,4-7H2,1-3H3,(H,13,17)(H,15,18)/t12-/m1/s1. The Kier molecular flexibility index (Phi) is 4.35. The molecule has 106 valence electrons. The van der Waals surface area contributed by atoms with Gasteiger partial charge < -0.3 is 9.88 Å². The maximum absolute atomic E-state index is 12.2. The van der Waals surface area contributed by atoms with Crippen LogP contribution < -0.4 is 5.32 Å². The number of carbonyl (C=O) groups excluding carboxylic acids is 1. The molecule has 2 rings (SSSR count). The monoisotopic (exact) mass is 300 g/mol. The molecular formula is C12H20N4OS2. The second-order valence-corrected chi connectivity index (χ2v) is 7.26. The summed E-state index contributed by atoms with van der Waals surface area (Å²) in [5.74, 6) is 1.94. The van der Waals surface area contributed by atoms with Crippen molar-refractivity contribution in [2.24, 2.45) is 0 Å². The van der Waals surface area contributed by atoms with E-state index in [4.69, 9.17) is 12.2 Å². The second kappa shape index (κ2) is 5.66. The van der Waals surface area contributed by atoms with Crippen LogP contribution in [0, 0.1) is 4.77 Å². The normalized spacial score (nSPS) is 22.9. The molecule has 2 heterocycles. The molecule has 19 heavy (non-hydrogen) atoms. The quantitative estimate of drug-likeness (QED) is 0.838. The predicted molar refractivity (Wildman–Crippen MR) is 79.7 cm³/mol. The first-order chi connectivity index (χ1) is 8.94. The van der Waals surface area contributed by atoms with Gasteiger partial charge in [-0.05, 0) is 51.6 Å². The maximum Gasteiger partial charge on any atom is 0.236 e. The first-order valence-corrected chi connectivity index (χ1v) is 7.91. The average molecular weight is 300 g/mol. The summed E-state index contributed by atoms with van der Waals surface area (Å²) >= 11 is 6.92. The predicted octanol–water partition coefficient (Wildman–Crippen LogP) is 2.42. The van der Waals surface area contributed by atoms with Crippen LogP contribution in [-0.4, -0.2) is 31.2 Å². The number of amides is 1. The molecule has 1 amide bonds. The molecule has 1 fully saturated rings. The number of nitrogens with zero attached hydrogens (tertiary/aromatic N) is 2. The lowest BCUT2D eigenvalue weighted by molar-refractivity contribution is -0.123. The lowest BCUT2D eigenvalue weighted by Gasteiger charge is -2.21. The van der Waals surface area contributed by atoms with Crippen LogP contribution in [0.5, 0.6) is 0 Å². The van der Waals surface area contributed by atoms with E-state index in [-0.39, 0.29) is 16.7 Å². The van der Waals surface area contributed by atoms with Gasteiger partial charge in [-0.2, -0.15) is 5.10 Å². The number of aromatic nitrogens is 3. The third kappa shape index (κ3) is 3.02. The minimum Gasteiger partial charge on any atom is -0.348 e. The maximum atomic E-state index is 12.2. The molecule has 0 aliphatic carbocycles. The van der Waals surface area contributed by atoms with Crippen molar-refractivity contribution in [3.8, 4) is 0 Å². The molecule has 0 saturated carbocycles. The molecule has 1 aromatic rings. The fraction of sp³-hybridized carbons (Fsp3) is 0.750. The van der Waals surface area contributed by atoms with E-state index in [1.54, 1.807) is 11.8 Å². The number of hydrogen-bond acceptors (Lipinski definition) is 4. The molecule has 1 atom stereocenters. The van der Waals surface area contributed by atoms with E-state index >= 15 is 0 Å². The number of H-pyrrole nitrogens is 1. The smallest absolute Gasteiger partial charge is 0.236 e. The lowest BCUT2D eigenvalue weighted by Crippen LogP contribution is -2.40. The summed E-state index contributed by atoms with van der Waals surface area (Å²) in [5.41, 5.74) is 0. The van der Waals surface area contributed by atoms with E-state index in [0.29, 0.717) is 11.3 Å². The molecule has 0 bridgehead atoms. The van der Waals surface area contributed by atoms with Crippen molar-refractivity contribution in [3.63, 3.8) is 0 Å². The molecule has 0 radical (unpaired) electrons. The Balaban J connectivity index is 2.03. The Hall–Kier alpha value is -0.820. The van der Waals surface area contributed by atoms with Crippen LogP contribution in [-0.2, 0) is 11.3 Å². The molecule has 5 nitrogen and oxygen atoms in total. The van der Waals surface area contributed by atoms with Gasteiger partial charge in [-0.3, -0.25) is 9.89 Å². The van der Waals surface area contributed by atoms with Crippen LogP contribution in [0.4, 0.5) is 0 Å². The average Bonchev–Trinajstić information content (AvgIpc) is 2.93. The van der Waals surface area contributed by atoms with E-state index in [1.165, 1.54) is 0 Å². The molecule has 7 heteroatoms. The Morgan fingerprint density at radius 3 is 3.00 bits per heavy atom. The molecule has 0 unspecified atom stereocenters. The van der Waals surface area contributed by atoms with E-state index in [2.05, 4.69) is 15.5 Å². The van der Waals surface area contributed by atoms with Gasteiger partial charge in [-0.15, -0.1) is 11.8 Å². The van der Waals surface area contributed by atoms with Crippen LogP contribution in [0.25, 0.3) is 0 Å². The zero-order chi connectivity index (χ0) is 14.0. The van der Waals surface area contributed by atoms with Gasteiger partial charge in [0, 0.05) is 6.04 Å². The van der Waals surface area contributed by atoms with Crippen LogP contribution in [0.15, 0.2) is 0 Å². The van der Waals surface area contributed by atoms with Gasteiger partial charge in [0.25, 0.3) is 0 Å². The minimum absolute atomic E-state index is 0.0965. The van der Waals surface area contributed by atoms with E-state index < -0.39 is 0 Å². The summed E-state index contributed by atoms with van der Waals surface area (Å²) in [6.07, 6.45) is 2.06. The summed E-state index contributed by atoms with van der Waals surface area (Å²) in [6.45, 7) is 6.52. The van der Waals surface area contributed by atoms with E-state index in [1.807, 2.05) is 25.3 Å². The highest BCUT2D eigenvalue weighted by molar-refractivity contribution is 8.01. The zero-order valence-electron chi connectivity index (χ0n) is 11.5. The van der Waals surface area contributed by atoms with Crippen molar-refractivity contribution in [1.29, 1.82) is 0 Å². The molecule has 2 N–H and O–H groups in total. The Morgan fingerprint density at radius 1 is 1.68 bits per heavy atom. The topological polar surface area (TPSA) is 62.7 Å². The summed E-state index contributed by atoms with van der Waals surface area (Å²) in [4.78, 5) is 12.2. The first-order valence-electron chi connectivity index (χ1n) is 6.52. The molecule has 1 saturated heterocycles. The summed E-state index contributed by atoms with van der Waals surface area (Å²) in [7, 11) is 0. The van der Waals surface area contributed by atoms with Crippen molar-refractivity contribution < 1.29 is 4.79 Å². The number of nitrogens with one attached hydrogen (secondary N) is 2. The number of thioether (sulfide) groups is 1. The van der Waals surface area contributed by atoms with Gasteiger partial charge in [-0.1, -0.05) is 0 Å². The van der Waals surface area contributed by atoms with Crippen molar-refractivity contribution in [1.82, 2.24) is 20.1 Å². The van der Waals surface area contributed by atoms with E-state index in [9.17, 15) is 4.79 Å². The van der Waals surface area contributed by atoms with Crippen LogP contribution in [0.1, 0.15) is 45.5 Å². The third-order valence-electron chi connectivity index (χ3n) is 3.40. The van der Waals surface area contributed by atoms with Crippen molar-refractivity contribution in [3.05, 3.63) is 10.6 Å². The van der Waals surface area contributed by atoms with Crippen molar-refractivity contribution in [2.75, 3.05) is 5.75 Å². The lowest BCUT2D eigenvalue weighted by atomic mass is 10.1. The third-order valence-corrected chi connectivity index (χ3v) is 5.21. The molecule has 0 spiro atoms. The van der Waals surface area contributed by atoms with Gasteiger partial charge in [0.1, 0.15) is 0 Å². The molecule has 0 aromatic carbocycles. The Morgan fingerprint density at radius 2 is 2.42 bits per heavy atom. The van der Waals surface area contributed by atoms with Crippen LogP contribution in [0.2, 0.25) is 0 Å². The fourth-order valence-electron chi connectivity index (χ4n) is 2.30. The zero-order valence-corrected chi connectivity index (χ0v) is 13.2. The number of aromatic amines is 1. The highest BCUT2D eigenvalue weighted by atomic mass is 32.2. The van der Waals surface area contributed by atoms with Crippen molar-refractivity contribution >= 4 is 29.9 Å². The fourth-order valence-corrected chi connectivity index (χ4v) is 3.89. The van der Waals surface area contributed by atoms with E-state index in [0.717, 1.165) is 24.4 Å². The Labute approximate surface area is 122 Å². The first kappa shape index (κ1) is 14.6. The minimum atomic E-state index is -0.282. The SMILES string of the molecule is CC(C)n1c(CNC(=O)[C@@]2(C)CCCS2)n[nH]c1=S. The van der Waals surface area contributed by atoms with Gasteiger partial charge >= 0.3 is 0 Å². The van der Waals surface area contributed by atoms with Gasteiger partial charge in [-0.25, -0.2) is 0 Å². The molecule has 1 aliphatic rings. The largest absolute Gasteiger partial charge is 0.348 e. The highest BCUT2D eigenvalue weighted by Gasteiger charge is 2.37. The summed E-state index contributed by atoms with van der Waals surface area (Å²) in [5, 5.41) is 9.94. The molecule has 1 aliphatic heterocycles. The highest BCUT2D eigenvalue weighted by Crippen LogP contribution is 2.37. The van der Waals surface area contributed by atoms with Crippen LogP contribution in [0.3, 0.4) is 0 Å².